The molecule has 4 aromatic carbocycles. The first-order chi connectivity index (χ1) is 16.4. The van der Waals surface area contributed by atoms with Gasteiger partial charge in [0.1, 0.15) is 16.9 Å². The predicted octanol–water partition coefficient (Wildman–Crippen LogP) is 8.65. The first kappa shape index (κ1) is 22.2. The molecule has 34 heavy (non-hydrogen) atoms. The Morgan fingerprint density at radius 2 is 1.53 bits per heavy atom. The van der Waals surface area contributed by atoms with Crippen molar-refractivity contribution in [3.8, 4) is 5.75 Å². The highest BCUT2D eigenvalue weighted by atomic mass is 35.5. The third-order valence-corrected chi connectivity index (χ3v) is 6.05. The summed E-state index contributed by atoms with van der Waals surface area (Å²) in [5, 5.41) is 25.1. The van der Waals surface area contributed by atoms with Gasteiger partial charge < -0.3 is 15.4 Å². The SMILES string of the molecule is O=C(Nc1ccc(Cl)cc1)c1c(O)c(N=Nc2ccc(Cl)cc2Cl)cc2c1[nH]c1ccccc12. The molecule has 0 unspecified atom stereocenters. The van der Waals surface area contributed by atoms with E-state index < -0.39 is 5.91 Å². The van der Waals surface area contributed by atoms with Gasteiger partial charge in [0.2, 0.25) is 0 Å². The number of carbonyl (C=O) groups is 1. The second kappa shape index (κ2) is 8.99. The molecule has 0 aliphatic heterocycles. The Morgan fingerprint density at radius 1 is 0.824 bits per heavy atom. The minimum Gasteiger partial charge on any atom is -0.505 e. The second-order valence-corrected chi connectivity index (χ2v) is 8.75. The predicted molar refractivity (Wildman–Crippen MR) is 138 cm³/mol. The van der Waals surface area contributed by atoms with E-state index in [1.165, 1.54) is 0 Å². The number of aromatic hydroxyl groups is 1. The van der Waals surface area contributed by atoms with Crippen molar-refractivity contribution in [1.82, 2.24) is 4.98 Å². The summed E-state index contributed by atoms with van der Waals surface area (Å²) in [5.41, 5.74) is 2.35. The molecule has 0 atom stereocenters. The molecule has 0 saturated heterocycles. The number of H-pyrrole nitrogens is 1. The summed E-state index contributed by atoms with van der Waals surface area (Å²) in [6, 6.07) is 20.7. The maximum atomic E-state index is 13.3. The summed E-state index contributed by atoms with van der Waals surface area (Å²) < 4.78 is 0. The average Bonchev–Trinajstić information content (AvgIpc) is 3.18. The maximum Gasteiger partial charge on any atom is 0.261 e. The van der Waals surface area contributed by atoms with Crippen molar-refractivity contribution in [1.29, 1.82) is 0 Å². The van der Waals surface area contributed by atoms with Crippen LogP contribution >= 0.6 is 34.8 Å². The van der Waals surface area contributed by atoms with Gasteiger partial charge >= 0.3 is 0 Å². The van der Waals surface area contributed by atoms with Crippen molar-refractivity contribution in [2.45, 2.75) is 0 Å². The van der Waals surface area contributed by atoms with Crippen molar-refractivity contribution in [2.24, 2.45) is 10.2 Å². The molecule has 0 saturated carbocycles. The fourth-order valence-corrected chi connectivity index (χ4v) is 4.23. The van der Waals surface area contributed by atoms with Crippen LogP contribution in [0.3, 0.4) is 0 Å². The lowest BCUT2D eigenvalue weighted by molar-refractivity contribution is 0.102. The molecule has 1 heterocycles. The number of fused-ring (bicyclic) bond motifs is 3. The maximum absolute atomic E-state index is 13.3. The van der Waals surface area contributed by atoms with Crippen LogP contribution in [0.25, 0.3) is 21.8 Å². The van der Waals surface area contributed by atoms with Crippen LogP contribution in [0.15, 0.2) is 83.0 Å². The van der Waals surface area contributed by atoms with Crippen LogP contribution in [-0.4, -0.2) is 16.0 Å². The number of benzene rings is 4. The lowest BCUT2D eigenvalue weighted by Crippen LogP contribution is -2.12. The zero-order valence-corrected chi connectivity index (χ0v) is 19.6. The molecule has 1 amide bonds. The number of halogens is 3. The minimum atomic E-state index is -0.516. The summed E-state index contributed by atoms with van der Waals surface area (Å²) in [5.74, 6) is -0.836. The van der Waals surface area contributed by atoms with Crippen molar-refractivity contribution in [3.63, 3.8) is 0 Å². The minimum absolute atomic E-state index is 0.0415. The molecule has 1 aromatic heterocycles. The number of aromatic nitrogens is 1. The van der Waals surface area contributed by atoms with Gasteiger partial charge in [0.15, 0.2) is 5.75 Å². The van der Waals surface area contributed by atoms with E-state index in [0.29, 0.717) is 37.3 Å². The number of phenols is 1. The summed E-state index contributed by atoms with van der Waals surface area (Å²) in [4.78, 5) is 16.5. The highest BCUT2D eigenvalue weighted by Gasteiger charge is 2.22. The molecule has 5 rings (SSSR count). The fourth-order valence-electron chi connectivity index (χ4n) is 3.66. The number of hydrogen-bond acceptors (Lipinski definition) is 4. The zero-order valence-electron chi connectivity index (χ0n) is 17.3. The number of rotatable bonds is 4. The van der Waals surface area contributed by atoms with Gasteiger partial charge in [-0.05, 0) is 54.6 Å². The van der Waals surface area contributed by atoms with E-state index >= 15 is 0 Å². The van der Waals surface area contributed by atoms with Gasteiger partial charge in [0.05, 0.1) is 10.5 Å². The highest BCUT2D eigenvalue weighted by Crippen LogP contribution is 2.41. The Bertz CT molecular complexity index is 1590. The zero-order chi connectivity index (χ0) is 23.8. The van der Waals surface area contributed by atoms with Crippen LogP contribution in [0.1, 0.15) is 10.4 Å². The summed E-state index contributed by atoms with van der Waals surface area (Å²) >= 11 is 18.1. The number of azo groups is 1. The van der Waals surface area contributed by atoms with E-state index in [4.69, 9.17) is 34.8 Å². The number of carbonyl (C=O) groups excluding carboxylic acids is 1. The topological polar surface area (TPSA) is 89.8 Å². The molecule has 6 nitrogen and oxygen atoms in total. The molecule has 9 heteroatoms. The van der Waals surface area contributed by atoms with Crippen LogP contribution in [0.2, 0.25) is 15.1 Å². The summed E-state index contributed by atoms with van der Waals surface area (Å²) in [6.45, 7) is 0. The van der Waals surface area contributed by atoms with Gasteiger partial charge in [0.25, 0.3) is 5.91 Å². The molecular formula is C25H15Cl3N4O2. The number of phenolic OH excluding ortho intramolecular Hbond substituents is 1. The lowest BCUT2D eigenvalue weighted by atomic mass is 10.1. The number of anilines is 1. The molecule has 0 bridgehead atoms. The summed E-state index contributed by atoms with van der Waals surface area (Å²) in [7, 11) is 0. The number of para-hydroxylation sites is 1. The standard InChI is InChI=1S/C25H15Cl3N4O2/c26-13-5-8-15(9-6-13)29-25(34)22-23-17(16-3-1-2-4-19(16)30-23)12-21(24(22)33)32-31-20-10-7-14(27)11-18(20)28/h1-12,30,33H,(H,29,34). The third kappa shape index (κ3) is 4.19. The molecule has 0 fully saturated rings. The van der Waals surface area contributed by atoms with Gasteiger partial charge in [0, 0.05) is 32.0 Å². The Morgan fingerprint density at radius 3 is 2.29 bits per heavy atom. The number of aromatic amines is 1. The molecule has 0 aliphatic carbocycles. The van der Waals surface area contributed by atoms with Gasteiger partial charge in [-0.25, -0.2) is 0 Å². The first-order valence-corrected chi connectivity index (χ1v) is 11.2. The molecular weight excluding hydrogens is 495 g/mol. The van der Waals surface area contributed by atoms with E-state index in [1.54, 1.807) is 48.5 Å². The van der Waals surface area contributed by atoms with Gasteiger partial charge in [-0.15, -0.1) is 10.2 Å². The number of hydrogen-bond donors (Lipinski definition) is 3. The number of nitrogens with one attached hydrogen (secondary N) is 2. The van der Waals surface area contributed by atoms with Gasteiger partial charge in [-0.3, -0.25) is 4.79 Å². The number of nitrogens with zero attached hydrogens (tertiary/aromatic N) is 2. The average molecular weight is 510 g/mol. The Kier molecular flexibility index (Phi) is 5.87. The van der Waals surface area contributed by atoms with E-state index in [2.05, 4.69) is 20.5 Å². The molecule has 3 N–H and O–H groups in total. The van der Waals surface area contributed by atoms with Crippen LogP contribution < -0.4 is 5.32 Å². The van der Waals surface area contributed by atoms with Gasteiger partial charge in [-0.2, -0.15) is 0 Å². The normalized spacial score (nSPS) is 11.5. The molecule has 168 valence electrons. The third-order valence-electron chi connectivity index (χ3n) is 5.26. The Hall–Kier alpha value is -3.58. The quantitative estimate of drug-likeness (QED) is 0.212. The van der Waals surface area contributed by atoms with Crippen LogP contribution in [0, 0.1) is 0 Å². The van der Waals surface area contributed by atoms with E-state index in [1.807, 2.05) is 24.3 Å². The van der Waals surface area contributed by atoms with E-state index in [0.717, 1.165) is 10.9 Å². The smallest absolute Gasteiger partial charge is 0.261 e. The van der Waals surface area contributed by atoms with Crippen molar-refractivity contribution in [3.05, 3.63) is 93.4 Å². The largest absolute Gasteiger partial charge is 0.505 e. The summed E-state index contributed by atoms with van der Waals surface area (Å²) in [6.07, 6.45) is 0. The van der Waals surface area contributed by atoms with Crippen molar-refractivity contribution >= 4 is 79.6 Å². The van der Waals surface area contributed by atoms with E-state index in [9.17, 15) is 9.90 Å². The lowest BCUT2D eigenvalue weighted by Gasteiger charge is -2.10. The first-order valence-electron chi connectivity index (χ1n) is 10.1. The van der Waals surface area contributed by atoms with Crippen molar-refractivity contribution < 1.29 is 9.90 Å². The molecule has 0 spiro atoms. The highest BCUT2D eigenvalue weighted by molar-refractivity contribution is 6.36. The Balaban J connectivity index is 1.66. The Labute approximate surface area is 208 Å². The second-order valence-electron chi connectivity index (χ2n) is 7.47. The van der Waals surface area contributed by atoms with Crippen LogP contribution in [-0.2, 0) is 0 Å². The van der Waals surface area contributed by atoms with Crippen LogP contribution in [0.5, 0.6) is 5.75 Å². The molecule has 5 aromatic rings. The van der Waals surface area contributed by atoms with Crippen molar-refractivity contribution in [2.75, 3.05) is 5.32 Å². The van der Waals surface area contributed by atoms with Crippen LogP contribution in [0.4, 0.5) is 17.1 Å². The fraction of sp³-hybridized carbons (Fsp3) is 0. The monoisotopic (exact) mass is 508 g/mol. The number of amides is 1. The molecule has 0 aliphatic rings. The van der Waals surface area contributed by atoms with Gasteiger partial charge in [-0.1, -0.05) is 53.0 Å². The molecule has 0 radical (unpaired) electrons. The van der Waals surface area contributed by atoms with E-state index in [-0.39, 0.29) is 17.0 Å².